The molecule has 23 heavy (non-hydrogen) atoms. The number of aliphatic hydroxyl groups excluding tert-OH is 1. The normalized spacial score (nSPS) is 17.9. The fourth-order valence-electron chi connectivity index (χ4n) is 2.43. The van der Waals surface area contributed by atoms with E-state index < -0.39 is 6.10 Å². The summed E-state index contributed by atoms with van der Waals surface area (Å²) in [5.74, 6) is 0.430. The minimum atomic E-state index is -0.462. The lowest BCUT2D eigenvalue weighted by molar-refractivity contribution is 0.0883. The van der Waals surface area contributed by atoms with Crippen molar-refractivity contribution in [2.75, 3.05) is 38.2 Å². The first-order valence-corrected chi connectivity index (χ1v) is 8.22. The fraction of sp³-hybridized carbons (Fsp3) is 0.562. The SMILES string of the molecule is CCOCCOc1c(Cl)cccc1NC(=O)N1CCC[C@H](O)C1. The van der Waals surface area contributed by atoms with Gasteiger partial charge in [-0.25, -0.2) is 4.79 Å². The summed E-state index contributed by atoms with van der Waals surface area (Å²) in [6, 6.07) is 4.93. The van der Waals surface area contributed by atoms with Crippen molar-refractivity contribution in [3.63, 3.8) is 0 Å². The lowest BCUT2D eigenvalue weighted by Gasteiger charge is -2.30. The molecule has 6 nitrogen and oxygen atoms in total. The fourth-order valence-corrected chi connectivity index (χ4v) is 2.66. The van der Waals surface area contributed by atoms with Gasteiger partial charge in [0.05, 0.1) is 23.4 Å². The molecule has 1 aromatic carbocycles. The van der Waals surface area contributed by atoms with Crippen LogP contribution in [0.15, 0.2) is 18.2 Å². The van der Waals surface area contributed by atoms with Crippen LogP contribution in [0.5, 0.6) is 5.75 Å². The van der Waals surface area contributed by atoms with Crippen LogP contribution in [-0.2, 0) is 4.74 Å². The molecule has 1 heterocycles. The molecule has 0 bridgehead atoms. The molecule has 1 fully saturated rings. The van der Waals surface area contributed by atoms with E-state index in [9.17, 15) is 9.90 Å². The van der Waals surface area contributed by atoms with Gasteiger partial charge in [0.1, 0.15) is 6.61 Å². The molecule has 1 atom stereocenters. The number of likely N-dealkylation sites (tertiary alicyclic amines) is 1. The molecule has 2 N–H and O–H groups in total. The second kappa shape index (κ2) is 8.96. The van der Waals surface area contributed by atoms with E-state index in [1.165, 1.54) is 0 Å². The number of β-amino-alcohol motifs (C(OH)–C–C–N with tert-alkyl or cyclic N) is 1. The third kappa shape index (κ3) is 5.27. The van der Waals surface area contributed by atoms with E-state index >= 15 is 0 Å². The Hall–Kier alpha value is -1.50. The highest BCUT2D eigenvalue weighted by molar-refractivity contribution is 6.32. The Morgan fingerprint density at radius 3 is 3.04 bits per heavy atom. The molecule has 128 valence electrons. The summed E-state index contributed by atoms with van der Waals surface area (Å²) >= 11 is 6.16. The number of aliphatic hydroxyl groups is 1. The number of urea groups is 1. The Labute approximate surface area is 141 Å². The van der Waals surface area contributed by atoms with Crippen molar-refractivity contribution in [3.05, 3.63) is 23.2 Å². The number of para-hydroxylation sites is 1. The van der Waals surface area contributed by atoms with E-state index in [2.05, 4.69) is 5.32 Å². The predicted octanol–water partition coefficient (Wildman–Crippen LogP) is 2.74. The molecule has 7 heteroatoms. The second-order valence-electron chi connectivity index (χ2n) is 5.33. The maximum absolute atomic E-state index is 12.3. The van der Waals surface area contributed by atoms with Gasteiger partial charge in [-0.2, -0.15) is 0 Å². The molecule has 0 unspecified atom stereocenters. The van der Waals surface area contributed by atoms with Gasteiger partial charge in [0.25, 0.3) is 0 Å². The van der Waals surface area contributed by atoms with Crippen LogP contribution in [0.3, 0.4) is 0 Å². The van der Waals surface area contributed by atoms with Gasteiger partial charge in [0, 0.05) is 19.7 Å². The number of hydrogen-bond donors (Lipinski definition) is 2. The quantitative estimate of drug-likeness (QED) is 0.780. The largest absolute Gasteiger partial charge is 0.487 e. The van der Waals surface area contributed by atoms with Crippen molar-refractivity contribution in [1.82, 2.24) is 4.90 Å². The first-order chi connectivity index (χ1) is 11.1. The number of anilines is 1. The number of rotatable bonds is 6. The number of nitrogens with one attached hydrogen (secondary N) is 1. The lowest BCUT2D eigenvalue weighted by Crippen LogP contribution is -2.44. The molecule has 0 spiro atoms. The van der Waals surface area contributed by atoms with Gasteiger partial charge in [-0.1, -0.05) is 17.7 Å². The van der Waals surface area contributed by atoms with Gasteiger partial charge in [-0.15, -0.1) is 0 Å². The summed E-state index contributed by atoms with van der Waals surface area (Å²) in [5.41, 5.74) is 0.513. The molecule has 0 saturated carbocycles. The number of hydrogen-bond acceptors (Lipinski definition) is 4. The van der Waals surface area contributed by atoms with E-state index in [1.54, 1.807) is 23.1 Å². The van der Waals surface area contributed by atoms with Crippen LogP contribution in [0.1, 0.15) is 19.8 Å². The number of ether oxygens (including phenoxy) is 2. The minimum absolute atomic E-state index is 0.263. The number of amides is 2. The summed E-state index contributed by atoms with van der Waals surface area (Å²) in [6.45, 7) is 4.30. The first-order valence-electron chi connectivity index (χ1n) is 7.85. The maximum atomic E-state index is 12.3. The molecule has 0 radical (unpaired) electrons. The van der Waals surface area contributed by atoms with Crippen molar-refractivity contribution in [1.29, 1.82) is 0 Å². The first kappa shape index (κ1) is 17.8. The molecule has 0 aromatic heterocycles. The van der Waals surface area contributed by atoms with Crippen LogP contribution in [-0.4, -0.2) is 55.1 Å². The Morgan fingerprint density at radius 2 is 2.30 bits per heavy atom. The smallest absolute Gasteiger partial charge is 0.322 e. The van der Waals surface area contributed by atoms with Crippen molar-refractivity contribution >= 4 is 23.3 Å². The zero-order valence-corrected chi connectivity index (χ0v) is 14.0. The lowest BCUT2D eigenvalue weighted by atomic mass is 10.1. The average Bonchev–Trinajstić information content (AvgIpc) is 2.53. The molecule has 1 aliphatic heterocycles. The zero-order chi connectivity index (χ0) is 16.7. The Kier molecular flexibility index (Phi) is 6.95. The molecule has 1 saturated heterocycles. The van der Waals surface area contributed by atoms with Gasteiger partial charge in [-0.05, 0) is 31.9 Å². The topological polar surface area (TPSA) is 71.0 Å². The van der Waals surface area contributed by atoms with Crippen LogP contribution in [0, 0.1) is 0 Å². The van der Waals surface area contributed by atoms with Crippen LogP contribution in [0.2, 0.25) is 5.02 Å². The summed E-state index contributed by atoms with van der Waals surface area (Å²) in [6.07, 6.45) is 1.06. The molecule has 2 rings (SSSR count). The molecule has 1 aliphatic rings. The van der Waals surface area contributed by atoms with Gasteiger partial charge >= 0.3 is 6.03 Å². The van der Waals surface area contributed by atoms with E-state index in [0.29, 0.717) is 49.4 Å². The number of piperidine rings is 1. The standard InChI is InChI=1S/C16H23ClN2O4/c1-2-22-9-10-23-15-13(17)6-3-7-14(15)18-16(21)19-8-4-5-12(20)11-19/h3,6-7,12,20H,2,4-5,8-11H2,1H3,(H,18,21)/t12-/m0/s1. The van der Waals surface area contributed by atoms with Crippen LogP contribution in [0.4, 0.5) is 10.5 Å². The summed E-state index contributed by atoms with van der Waals surface area (Å²) in [5, 5.41) is 12.9. The molecule has 2 amide bonds. The average molecular weight is 343 g/mol. The van der Waals surface area contributed by atoms with Crippen molar-refractivity contribution < 1.29 is 19.4 Å². The van der Waals surface area contributed by atoms with Crippen LogP contribution >= 0.6 is 11.6 Å². The van der Waals surface area contributed by atoms with Gasteiger partial charge in [0.15, 0.2) is 5.75 Å². The highest BCUT2D eigenvalue weighted by Gasteiger charge is 2.23. The van der Waals surface area contributed by atoms with Crippen molar-refractivity contribution in [2.24, 2.45) is 0 Å². The Balaban J connectivity index is 2.00. The predicted molar refractivity (Wildman–Crippen MR) is 89.3 cm³/mol. The zero-order valence-electron chi connectivity index (χ0n) is 13.3. The molecule has 0 aliphatic carbocycles. The van der Waals surface area contributed by atoms with Gasteiger partial charge in [0.2, 0.25) is 0 Å². The number of halogens is 1. The third-order valence-corrected chi connectivity index (χ3v) is 3.87. The number of carbonyl (C=O) groups is 1. The molecular weight excluding hydrogens is 320 g/mol. The van der Waals surface area contributed by atoms with Gasteiger partial charge < -0.3 is 24.8 Å². The maximum Gasteiger partial charge on any atom is 0.322 e. The number of carbonyl (C=O) groups excluding carboxylic acids is 1. The van der Waals surface area contributed by atoms with Crippen LogP contribution < -0.4 is 10.1 Å². The molecule has 1 aromatic rings. The van der Waals surface area contributed by atoms with E-state index in [0.717, 1.165) is 12.8 Å². The van der Waals surface area contributed by atoms with E-state index in [1.807, 2.05) is 6.92 Å². The van der Waals surface area contributed by atoms with Gasteiger partial charge in [-0.3, -0.25) is 0 Å². The Morgan fingerprint density at radius 1 is 1.48 bits per heavy atom. The highest BCUT2D eigenvalue weighted by Crippen LogP contribution is 2.33. The summed E-state index contributed by atoms with van der Waals surface area (Å²) in [4.78, 5) is 13.9. The van der Waals surface area contributed by atoms with Crippen LogP contribution in [0.25, 0.3) is 0 Å². The van der Waals surface area contributed by atoms with Crippen molar-refractivity contribution in [2.45, 2.75) is 25.9 Å². The number of nitrogens with zero attached hydrogens (tertiary/aromatic N) is 1. The third-order valence-electron chi connectivity index (χ3n) is 3.57. The minimum Gasteiger partial charge on any atom is -0.487 e. The number of benzene rings is 1. The van der Waals surface area contributed by atoms with Crippen molar-refractivity contribution in [3.8, 4) is 5.75 Å². The second-order valence-corrected chi connectivity index (χ2v) is 5.74. The summed E-state index contributed by atoms with van der Waals surface area (Å²) < 4.78 is 10.9. The highest BCUT2D eigenvalue weighted by atomic mass is 35.5. The van der Waals surface area contributed by atoms with E-state index in [-0.39, 0.29) is 6.03 Å². The molecular formula is C16H23ClN2O4. The van der Waals surface area contributed by atoms with E-state index in [4.69, 9.17) is 21.1 Å². The Bertz CT molecular complexity index is 527. The monoisotopic (exact) mass is 342 g/mol. The summed E-state index contributed by atoms with van der Waals surface area (Å²) in [7, 11) is 0.